The van der Waals surface area contributed by atoms with E-state index in [-0.39, 0.29) is 19.1 Å². The Kier molecular flexibility index (Phi) is 5.78. The zero-order valence-corrected chi connectivity index (χ0v) is 16.2. The zero-order chi connectivity index (χ0) is 20.9. The molecule has 1 aliphatic rings. The minimum atomic E-state index is -2.94. The molecular weight excluding hydrogens is 394 g/mol. The van der Waals surface area contributed by atoms with E-state index in [2.05, 4.69) is 25.3 Å². The molecule has 0 aliphatic carbocycles. The molecule has 2 N–H and O–H groups in total. The van der Waals surface area contributed by atoms with Gasteiger partial charge in [0.05, 0.1) is 5.52 Å². The molecule has 156 valence electrons. The quantitative estimate of drug-likeness (QED) is 0.475. The lowest BCUT2D eigenvalue weighted by atomic mass is 10.1. The van der Waals surface area contributed by atoms with Crippen LogP contribution in [0.2, 0.25) is 0 Å². The molecule has 0 saturated heterocycles. The first-order valence-corrected chi connectivity index (χ1v) is 9.28. The van der Waals surface area contributed by atoms with Crippen LogP contribution >= 0.6 is 0 Å². The Morgan fingerprint density at radius 1 is 1.10 bits per heavy atom. The average molecular weight is 414 g/mol. The number of halogens is 2. The summed E-state index contributed by atoms with van der Waals surface area (Å²) in [6.45, 7) is -2.18. The molecule has 0 fully saturated rings. The number of pyridine rings is 1. The second-order valence-corrected chi connectivity index (χ2v) is 6.46. The number of fused-ring (bicyclic) bond motifs is 2. The highest BCUT2D eigenvalue weighted by molar-refractivity contribution is 5.83. The van der Waals surface area contributed by atoms with Gasteiger partial charge in [-0.25, -0.2) is 0 Å². The first-order chi connectivity index (χ1) is 14.6. The van der Waals surface area contributed by atoms with Gasteiger partial charge in [-0.3, -0.25) is 9.98 Å². The number of para-hydroxylation sites is 1. The smallest absolute Gasteiger partial charge is 0.387 e. The number of nitrogens with one attached hydrogen (secondary N) is 2. The van der Waals surface area contributed by atoms with Crippen molar-refractivity contribution in [2.24, 2.45) is 4.99 Å². The zero-order valence-electron chi connectivity index (χ0n) is 16.2. The van der Waals surface area contributed by atoms with Gasteiger partial charge < -0.3 is 24.8 Å². The number of ether oxygens (including phenoxy) is 3. The summed E-state index contributed by atoms with van der Waals surface area (Å²) in [4.78, 5) is 8.55. The molecule has 0 saturated carbocycles. The molecule has 0 radical (unpaired) electrons. The fraction of sp³-hybridized carbons (Fsp3) is 0.238. The van der Waals surface area contributed by atoms with Gasteiger partial charge in [-0.2, -0.15) is 8.78 Å². The minimum absolute atomic E-state index is 0.0253. The van der Waals surface area contributed by atoms with Crippen LogP contribution in [0.5, 0.6) is 17.2 Å². The van der Waals surface area contributed by atoms with Crippen LogP contribution in [0.15, 0.2) is 53.7 Å². The second-order valence-electron chi connectivity index (χ2n) is 6.46. The summed E-state index contributed by atoms with van der Waals surface area (Å²) in [7, 11) is 1.64. The molecule has 0 unspecified atom stereocenters. The fourth-order valence-corrected chi connectivity index (χ4v) is 3.20. The van der Waals surface area contributed by atoms with Crippen LogP contribution in [0.25, 0.3) is 10.9 Å². The number of aliphatic imine (C=N–C) groups is 1. The van der Waals surface area contributed by atoms with Crippen LogP contribution in [0.1, 0.15) is 11.1 Å². The second kappa shape index (κ2) is 8.81. The molecule has 7 nitrogen and oxygen atoms in total. The van der Waals surface area contributed by atoms with Crippen molar-refractivity contribution in [3.8, 4) is 17.2 Å². The number of guanidine groups is 1. The van der Waals surface area contributed by atoms with Crippen molar-refractivity contribution in [3.63, 3.8) is 0 Å². The molecule has 0 amide bonds. The van der Waals surface area contributed by atoms with Crippen LogP contribution in [0, 0.1) is 0 Å². The van der Waals surface area contributed by atoms with E-state index in [0.29, 0.717) is 29.6 Å². The topological polar surface area (TPSA) is 77.0 Å². The molecule has 3 aromatic rings. The summed E-state index contributed by atoms with van der Waals surface area (Å²) in [5.41, 5.74) is 2.47. The monoisotopic (exact) mass is 414 g/mol. The average Bonchev–Trinajstić information content (AvgIpc) is 3.20. The third kappa shape index (κ3) is 4.35. The summed E-state index contributed by atoms with van der Waals surface area (Å²) in [5.74, 6) is 1.40. The van der Waals surface area contributed by atoms with Crippen LogP contribution in [0.4, 0.5) is 8.78 Å². The van der Waals surface area contributed by atoms with E-state index in [4.69, 9.17) is 9.47 Å². The van der Waals surface area contributed by atoms with E-state index in [1.807, 2.05) is 30.3 Å². The molecule has 0 spiro atoms. The molecule has 2 heterocycles. The maximum atomic E-state index is 12.8. The summed E-state index contributed by atoms with van der Waals surface area (Å²) in [6.07, 6.45) is 1.76. The Morgan fingerprint density at radius 3 is 2.60 bits per heavy atom. The van der Waals surface area contributed by atoms with Crippen molar-refractivity contribution >= 4 is 16.9 Å². The first-order valence-electron chi connectivity index (χ1n) is 9.28. The van der Waals surface area contributed by atoms with Crippen molar-refractivity contribution in [1.82, 2.24) is 15.6 Å². The van der Waals surface area contributed by atoms with Crippen LogP contribution < -0.4 is 24.8 Å². The summed E-state index contributed by atoms with van der Waals surface area (Å²) >= 11 is 0. The van der Waals surface area contributed by atoms with Crippen LogP contribution in [0.3, 0.4) is 0 Å². The third-order valence-corrected chi connectivity index (χ3v) is 4.63. The fourth-order valence-electron chi connectivity index (χ4n) is 3.20. The number of benzene rings is 2. The number of aromatic nitrogens is 1. The Hall–Kier alpha value is -3.62. The number of hydrogen-bond acceptors (Lipinski definition) is 5. The van der Waals surface area contributed by atoms with E-state index in [1.165, 1.54) is 6.07 Å². The van der Waals surface area contributed by atoms with Gasteiger partial charge in [0.1, 0.15) is 5.75 Å². The van der Waals surface area contributed by atoms with Crippen LogP contribution in [-0.2, 0) is 13.1 Å². The first kappa shape index (κ1) is 19.7. The van der Waals surface area contributed by atoms with Gasteiger partial charge in [-0.15, -0.1) is 0 Å². The van der Waals surface area contributed by atoms with Crippen LogP contribution in [-0.4, -0.2) is 31.4 Å². The summed E-state index contributed by atoms with van der Waals surface area (Å²) < 4.78 is 40.8. The maximum absolute atomic E-state index is 12.8. The Morgan fingerprint density at radius 2 is 1.83 bits per heavy atom. The molecule has 30 heavy (non-hydrogen) atoms. The van der Waals surface area contributed by atoms with Gasteiger partial charge in [0, 0.05) is 43.4 Å². The third-order valence-electron chi connectivity index (χ3n) is 4.63. The van der Waals surface area contributed by atoms with Gasteiger partial charge in [0.2, 0.25) is 6.79 Å². The molecule has 0 bridgehead atoms. The van der Waals surface area contributed by atoms with Crippen molar-refractivity contribution in [2.45, 2.75) is 19.7 Å². The number of hydrogen-bond donors (Lipinski definition) is 2. The van der Waals surface area contributed by atoms with E-state index in [1.54, 1.807) is 19.3 Å². The molecule has 0 atom stereocenters. The number of nitrogens with zero attached hydrogens (tertiary/aromatic N) is 2. The van der Waals surface area contributed by atoms with Crippen molar-refractivity contribution in [2.75, 3.05) is 13.8 Å². The predicted octanol–water partition coefficient (Wildman–Crippen LogP) is 3.43. The van der Waals surface area contributed by atoms with Gasteiger partial charge in [0.15, 0.2) is 17.5 Å². The van der Waals surface area contributed by atoms with Gasteiger partial charge in [0.25, 0.3) is 0 Å². The summed E-state index contributed by atoms with van der Waals surface area (Å²) in [6, 6.07) is 12.8. The predicted molar refractivity (Wildman–Crippen MR) is 108 cm³/mol. The molecule has 9 heteroatoms. The van der Waals surface area contributed by atoms with Crippen molar-refractivity contribution < 1.29 is 23.0 Å². The van der Waals surface area contributed by atoms with Gasteiger partial charge in [-0.1, -0.05) is 18.2 Å². The lowest BCUT2D eigenvalue weighted by Crippen LogP contribution is -2.36. The van der Waals surface area contributed by atoms with E-state index >= 15 is 0 Å². The highest BCUT2D eigenvalue weighted by Gasteiger charge is 2.20. The minimum Gasteiger partial charge on any atom is -0.454 e. The van der Waals surface area contributed by atoms with Crippen molar-refractivity contribution in [1.29, 1.82) is 0 Å². The van der Waals surface area contributed by atoms with Gasteiger partial charge >= 0.3 is 6.61 Å². The number of rotatable bonds is 6. The maximum Gasteiger partial charge on any atom is 0.387 e. The highest BCUT2D eigenvalue weighted by Crippen LogP contribution is 2.38. The lowest BCUT2D eigenvalue weighted by molar-refractivity contribution is -0.0505. The molecule has 1 aliphatic heterocycles. The lowest BCUT2D eigenvalue weighted by Gasteiger charge is -2.15. The summed E-state index contributed by atoms with van der Waals surface area (Å²) in [5, 5.41) is 7.39. The Bertz CT molecular complexity index is 1070. The SMILES string of the molecule is CN=C(NCc1cc2c(cc1OC(F)F)OCO2)NCc1ccnc2ccccc12. The molecule has 1 aromatic heterocycles. The van der Waals surface area contributed by atoms with Crippen molar-refractivity contribution in [3.05, 3.63) is 59.8 Å². The Balaban J connectivity index is 1.45. The number of alkyl halides is 2. The highest BCUT2D eigenvalue weighted by atomic mass is 19.3. The van der Waals surface area contributed by atoms with E-state index in [0.717, 1.165) is 16.5 Å². The largest absolute Gasteiger partial charge is 0.454 e. The molecular formula is C21H20F2N4O3. The standard InChI is InChI=1S/C21H20F2N4O3/c1-24-21(26-10-13-6-7-25-16-5-3-2-4-15(13)16)27-11-14-8-18-19(29-12-28-18)9-17(14)30-20(22)23/h2-9,20H,10-12H2,1H3,(H2,24,26,27). The van der Waals surface area contributed by atoms with E-state index < -0.39 is 6.61 Å². The molecule has 2 aromatic carbocycles. The Labute approximate surface area is 171 Å². The van der Waals surface area contributed by atoms with Gasteiger partial charge in [-0.05, 0) is 23.8 Å². The molecule has 4 rings (SSSR count). The normalized spacial score (nSPS) is 13.0. The van der Waals surface area contributed by atoms with E-state index in [9.17, 15) is 8.78 Å².